The van der Waals surface area contributed by atoms with Gasteiger partial charge in [-0.1, -0.05) is 23.7 Å². The molecule has 0 unspecified atom stereocenters. The number of carbonyl (C=O) groups excluding carboxylic acids is 1. The first kappa shape index (κ1) is 18.2. The van der Waals surface area contributed by atoms with Crippen molar-refractivity contribution in [3.63, 3.8) is 0 Å². The van der Waals surface area contributed by atoms with Crippen LogP contribution >= 0.6 is 11.6 Å². The van der Waals surface area contributed by atoms with Gasteiger partial charge in [0.15, 0.2) is 5.82 Å². The van der Waals surface area contributed by atoms with Crippen molar-refractivity contribution in [3.05, 3.63) is 52.7 Å². The fraction of sp³-hybridized carbons (Fsp3) is 0.450. The minimum atomic E-state index is 0.0481. The summed E-state index contributed by atoms with van der Waals surface area (Å²) in [4.78, 5) is 16.6. The molecule has 0 spiro atoms. The van der Waals surface area contributed by atoms with Gasteiger partial charge in [-0.3, -0.25) is 9.69 Å². The Hall–Kier alpha value is -2.18. The van der Waals surface area contributed by atoms with Crippen LogP contribution in [0.5, 0.6) is 0 Å². The lowest BCUT2D eigenvalue weighted by atomic mass is 10.2. The third kappa shape index (κ3) is 4.96. The van der Waals surface area contributed by atoms with Crippen LogP contribution in [0.15, 0.2) is 36.4 Å². The van der Waals surface area contributed by atoms with Gasteiger partial charge in [0, 0.05) is 43.7 Å². The van der Waals surface area contributed by atoms with E-state index in [0.717, 1.165) is 43.3 Å². The second-order valence-corrected chi connectivity index (χ2v) is 7.69. The molecule has 1 aliphatic carbocycles. The minimum Gasteiger partial charge on any atom is -0.353 e. The standard InChI is InChI=1S/C20H24ClN5O/c21-17-5-1-15(2-6-17)13-22-20(27)14-25-9-11-26(12-10-25)19-8-7-18(23-24-19)16-3-4-16/h1-2,5-8,16H,3-4,9-14H2,(H,22,27). The smallest absolute Gasteiger partial charge is 0.234 e. The van der Waals surface area contributed by atoms with Gasteiger partial charge in [0.2, 0.25) is 5.91 Å². The largest absolute Gasteiger partial charge is 0.353 e. The Labute approximate surface area is 164 Å². The quantitative estimate of drug-likeness (QED) is 0.827. The normalized spacial score (nSPS) is 17.7. The molecule has 2 fully saturated rings. The molecule has 6 nitrogen and oxygen atoms in total. The molecule has 2 heterocycles. The third-order valence-electron chi connectivity index (χ3n) is 5.13. The van der Waals surface area contributed by atoms with Crippen LogP contribution in [0.4, 0.5) is 5.82 Å². The molecule has 1 saturated carbocycles. The molecule has 1 aromatic carbocycles. The van der Waals surface area contributed by atoms with Crippen molar-refractivity contribution in [1.29, 1.82) is 0 Å². The zero-order valence-electron chi connectivity index (χ0n) is 15.3. The van der Waals surface area contributed by atoms with Gasteiger partial charge in [-0.2, -0.15) is 5.10 Å². The van der Waals surface area contributed by atoms with Gasteiger partial charge in [0.05, 0.1) is 12.2 Å². The van der Waals surface area contributed by atoms with Crippen molar-refractivity contribution >= 4 is 23.3 Å². The van der Waals surface area contributed by atoms with Crippen LogP contribution in [0.3, 0.4) is 0 Å². The van der Waals surface area contributed by atoms with Gasteiger partial charge in [-0.25, -0.2) is 0 Å². The molecular weight excluding hydrogens is 362 g/mol. The highest BCUT2D eigenvalue weighted by Gasteiger charge is 2.26. The number of benzene rings is 1. The number of hydrogen-bond donors (Lipinski definition) is 1. The molecule has 0 bridgehead atoms. The summed E-state index contributed by atoms with van der Waals surface area (Å²) < 4.78 is 0. The Kier molecular flexibility index (Phi) is 5.55. The van der Waals surface area contributed by atoms with Crippen LogP contribution in [0, 0.1) is 0 Å². The maximum Gasteiger partial charge on any atom is 0.234 e. The number of nitrogens with zero attached hydrogens (tertiary/aromatic N) is 4. The third-order valence-corrected chi connectivity index (χ3v) is 5.39. The summed E-state index contributed by atoms with van der Waals surface area (Å²) in [5.74, 6) is 1.62. The Balaban J connectivity index is 1.20. The molecule has 27 heavy (non-hydrogen) atoms. The van der Waals surface area contributed by atoms with Crippen molar-refractivity contribution in [2.75, 3.05) is 37.6 Å². The van der Waals surface area contributed by atoms with Gasteiger partial charge in [0.25, 0.3) is 0 Å². The summed E-state index contributed by atoms with van der Waals surface area (Å²) in [7, 11) is 0. The van der Waals surface area contributed by atoms with E-state index in [1.165, 1.54) is 12.8 Å². The number of aromatic nitrogens is 2. The molecule has 1 saturated heterocycles. The first-order valence-corrected chi connectivity index (χ1v) is 9.87. The number of piperazine rings is 1. The van der Waals surface area contributed by atoms with E-state index < -0.39 is 0 Å². The van der Waals surface area contributed by atoms with Crippen LogP contribution in [-0.4, -0.2) is 53.7 Å². The molecule has 2 aliphatic rings. The fourth-order valence-corrected chi connectivity index (χ4v) is 3.42. The summed E-state index contributed by atoms with van der Waals surface area (Å²) in [6.45, 7) is 4.37. The molecule has 1 aliphatic heterocycles. The minimum absolute atomic E-state index is 0.0481. The predicted molar refractivity (Wildman–Crippen MR) is 106 cm³/mol. The highest BCUT2D eigenvalue weighted by atomic mass is 35.5. The Morgan fingerprint density at radius 2 is 1.78 bits per heavy atom. The number of halogens is 1. The first-order valence-electron chi connectivity index (χ1n) is 9.49. The van der Waals surface area contributed by atoms with E-state index in [9.17, 15) is 4.79 Å². The zero-order chi connectivity index (χ0) is 18.6. The van der Waals surface area contributed by atoms with E-state index >= 15 is 0 Å². The number of carbonyl (C=O) groups is 1. The SMILES string of the molecule is O=C(CN1CCN(c2ccc(C3CC3)nn2)CC1)NCc1ccc(Cl)cc1. The number of rotatable bonds is 6. The summed E-state index contributed by atoms with van der Waals surface area (Å²) >= 11 is 5.88. The summed E-state index contributed by atoms with van der Waals surface area (Å²) in [5, 5.41) is 12.4. The Morgan fingerprint density at radius 1 is 1.04 bits per heavy atom. The van der Waals surface area contributed by atoms with E-state index in [4.69, 9.17) is 11.6 Å². The molecule has 0 radical (unpaired) electrons. The van der Waals surface area contributed by atoms with Crippen LogP contribution < -0.4 is 10.2 Å². The van der Waals surface area contributed by atoms with Crippen molar-refractivity contribution < 1.29 is 4.79 Å². The van der Waals surface area contributed by atoms with E-state index in [2.05, 4.69) is 37.4 Å². The molecule has 0 atom stereocenters. The molecule has 7 heteroatoms. The highest BCUT2D eigenvalue weighted by Crippen LogP contribution is 2.38. The number of amides is 1. The average molecular weight is 386 g/mol. The van der Waals surface area contributed by atoms with E-state index in [1.807, 2.05) is 24.3 Å². The van der Waals surface area contributed by atoms with E-state index in [0.29, 0.717) is 24.0 Å². The summed E-state index contributed by atoms with van der Waals surface area (Å²) in [6.07, 6.45) is 2.49. The number of hydrogen-bond acceptors (Lipinski definition) is 5. The Bertz CT molecular complexity index is 768. The topological polar surface area (TPSA) is 61.4 Å². The zero-order valence-corrected chi connectivity index (χ0v) is 16.0. The highest BCUT2D eigenvalue weighted by molar-refractivity contribution is 6.30. The molecule has 142 valence electrons. The first-order chi connectivity index (χ1) is 13.2. The predicted octanol–water partition coefficient (Wildman–Crippen LogP) is 2.45. The molecule has 1 amide bonds. The molecule has 2 aromatic rings. The van der Waals surface area contributed by atoms with Crippen molar-refractivity contribution in [2.24, 2.45) is 0 Å². The van der Waals surface area contributed by atoms with Crippen LogP contribution in [0.1, 0.15) is 30.0 Å². The van der Waals surface area contributed by atoms with Gasteiger partial charge < -0.3 is 10.2 Å². The lowest BCUT2D eigenvalue weighted by Gasteiger charge is -2.34. The fourth-order valence-electron chi connectivity index (χ4n) is 3.30. The van der Waals surface area contributed by atoms with Crippen LogP contribution in [0.2, 0.25) is 5.02 Å². The monoisotopic (exact) mass is 385 g/mol. The van der Waals surface area contributed by atoms with Crippen LogP contribution in [-0.2, 0) is 11.3 Å². The van der Waals surface area contributed by atoms with Crippen LogP contribution in [0.25, 0.3) is 0 Å². The van der Waals surface area contributed by atoms with Gasteiger partial charge in [-0.05, 0) is 42.7 Å². The molecule has 1 N–H and O–H groups in total. The van der Waals surface area contributed by atoms with Crippen molar-refractivity contribution in [3.8, 4) is 0 Å². The van der Waals surface area contributed by atoms with E-state index in [-0.39, 0.29) is 5.91 Å². The molecule has 4 rings (SSSR count). The van der Waals surface area contributed by atoms with Gasteiger partial charge in [0.1, 0.15) is 0 Å². The maximum absolute atomic E-state index is 12.2. The maximum atomic E-state index is 12.2. The molecule has 1 aromatic heterocycles. The number of anilines is 1. The van der Waals surface area contributed by atoms with Gasteiger partial charge >= 0.3 is 0 Å². The second kappa shape index (κ2) is 8.23. The average Bonchev–Trinajstić information content (AvgIpc) is 3.54. The Morgan fingerprint density at radius 3 is 2.41 bits per heavy atom. The summed E-state index contributed by atoms with van der Waals surface area (Å²) in [6, 6.07) is 11.7. The number of nitrogens with one attached hydrogen (secondary N) is 1. The van der Waals surface area contributed by atoms with Crippen molar-refractivity contribution in [2.45, 2.75) is 25.3 Å². The second-order valence-electron chi connectivity index (χ2n) is 7.26. The summed E-state index contributed by atoms with van der Waals surface area (Å²) in [5.41, 5.74) is 2.17. The van der Waals surface area contributed by atoms with Gasteiger partial charge in [-0.15, -0.1) is 5.10 Å². The lowest BCUT2D eigenvalue weighted by molar-refractivity contribution is -0.122. The van der Waals surface area contributed by atoms with Crippen molar-refractivity contribution in [1.82, 2.24) is 20.4 Å². The molecular formula is C20H24ClN5O. The lowest BCUT2D eigenvalue weighted by Crippen LogP contribution is -2.49. The van der Waals surface area contributed by atoms with E-state index in [1.54, 1.807) is 0 Å².